The molecule has 6 nitrogen and oxygen atoms in total. The minimum atomic E-state index is -0.164. The van der Waals surface area contributed by atoms with E-state index < -0.39 is 0 Å². The molecule has 170 valence electrons. The van der Waals surface area contributed by atoms with Gasteiger partial charge in [-0.3, -0.25) is 14.5 Å². The van der Waals surface area contributed by atoms with Crippen LogP contribution in [0.2, 0.25) is 0 Å². The van der Waals surface area contributed by atoms with Crippen LogP contribution in [0.1, 0.15) is 53.8 Å². The monoisotopic (exact) mass is 435 g/mol. The van der Waals surface area contributed by atoms with E-state index in [1.807, 2.05) is 18.2 Å². The number of rotatable bonds is 6. The molecule has 0 spiro atoms. The van der Waals surface area contributed by atoms with Gasteiger partial charge < -0.3 is 14.5 Å². The first-order valence-corrected chi connectivity index (χ1v) is 11.7. The Morgan fingerprint density at radius 3 is 2.09 bits per heavy atom. The van der Waals surface area contributed by atoms with Crippen molar-refractivity contribution in [3.8, 4) is 5.75 Å². The zero-order chi connectivity index (χ0) is 22.5. The van der Waals surface area contributed by atoms with E-state index in [0.717, 1.165) is 57.7 Å². The van der Waals surface area contributed by atoms with Crippen molar-refractivity contribution in [3.63, 3.8) is 0 Å². The number of anilines is 1. The zero-order valence-corrected chi connectivity index (χ0v) is 19.1. The van der Waals surface area contributed by atoms with E-state index in [4.69, 9.17) is 4.74 Å². The number of carbonyl (C=O) groups is 2. The molecule has 0 aliphatic carbocycles. The van der Waals surface area contributed by atoms with Gasteiger partial charge in [-0.1, -0.05) is 24.3 Å². The Labute approximate surface area is 190 Å². The number of hydrogen-bond acceptors (Lipinski definition) is 5. The van der Waals surface area contributed by atoms with Crippen molar-refractivity contribution < 1.29 is 14.3 Å². The van der Waals surface area contributed by atoms with Crippen molar-refractivity contribution in [3.05, 3.63) is 59.7 Å². The summed E-state index contributed by atoms with van der Waals surface area (Å²) in [5, 5.41) is 0. The highest BCUT2D eigenvalue weighted by Gasteiger charge is 2.34. The lowest BCUT2D eigenvalue weighted by Gasteiger charge is -2.27. The van der Waals surface area contributed by atoms with Crippen LogP contribution in [0.3, 0.4) is 0 Å². The third-order valence-electron chi connectivity index (χ3n) is 6.14. The summed E-state index contributed by atoms with van der Waals surface area (Å²) in [4.78, 5) is 31.5. The lowest BCUT2D eigenvalue weighted by Crippen LogP contribution is -2.39. The quantitative estimate of drug-likeness (QED) is 0.641. The number of carbonyl (C=O) groups excluding carboxylic acids is 2. The largest absolute Gasteiger partial charge is 0.489 e. The Morgan fingerprint density at radius 1 is 0.781 bits per heavy atom. The van der Waals surface area contributed by atoms with Crippen molar-refractivity contribution >= 4 is 17.5 Å². The molecule has 32 heavy (non-hydrogen) atoms. The van der Waals surface area contributed by atoms with Crippen LogP contribution in [0.25, 0.3) is 0 Å². The van der Waals surface area contributed by atoms with Crippen molar-refractivity contribution in [2.24, 2.45) is 0 Å². The van der Waals surface area contributed by atoms with Crippen molar-refractivity contribution in [2.45, 2.75) is 39.2 Å². The topological polar surface area (TPSA) is 53.1 Å². The number of ether oxygens (including phenoxy) is 1. The maximum absolute atomic E-state index is 12.6. The van der Waals surface area contributed by atoms with Crippen molar-refractivity contribution in [1.82, 2.24) is 9.80 Å². The predicted molar refractivity (Wildman–Crippen MR) is 127 cm³/mol. The van der Waals surface area contributed by atoms with Crippen LogP contribution in [0.15, 0.2) is 48.5 Å². The van der Waals surface area contributed by atoms with Gasteiger partial charge in [-0.15, -0.1) is 0 Å². The highest BCUT2D eigenvalue weighted by atomic mass is 16.5. The van der Waals surface area contributed by atoms with Gasteiger partial charge in [0, 0.05) is 26.2 Å². The smallest absolute Gasteiger partial charge is 0.261 e. The molecule has 0 unspecified atom stereocenters. The summed E-state index contributed by atoms with van der Waals surface area (Å²) in [6.07, 6.45) is 3.36. The third-order valence-corrected chi connectivity index (χ3v) is 6.14. The molecule has 0 aromatic heterocycles. The maximum atomic E-state index is 12.6. The molecule has 1 saturated heterocycles. The van der Waals surface area contributed by atoms with E-state index in [0.29, 0.717) is 17.7 Å². The van der Waals surface area contributed by atoms with Crippen LogP contribution in [0.4, 0.5) is 5.69 Å². The maximum Gasteiger partial charge on any atom is 0.261 e. The van der Waals surface area contributed by atoms with Gasteiger partial charge in [-0.05, 0) is 70.5 Å². The van der Waals surface area contributed by atoms with Crippen LogP contribution < -0.4 is 9.64 Å². The van der Waals surface area contributed by atoms with E-state index in [9.17, 15) is 9.59 Å². The average molecular weight is 436 g/mol. The summed E-state index contributed by atoms with van der Waals surface area (Å²) in [5.41, 5.74) is 2.22. The molecule has 2 heterocycles. The van der Waals surface area contributed by atoms with Gasteiger partial charge in [-0.25, -0.2) is 0 Å². The molecule has 2 aliphatic heterocycles. The zero-order valence-electron chi connectivity index (χ0n) is 19.1. The minimum absolute atomic E-state index is 0.145. The summed E-state index contributed by atoms with van der Waals surface area (Å²) in [6.45, 7) is 9.18. The van der Waals surface area contributed by atoms with Crippen LogP contribution in [0.5, 0.6) is 5.75 Å². The van der Waals surface area contributed by atoms with Gasteiger partial charge in [0.25, 0.3) is 11.8 Å². The summed E-state index contributed by atoms with van der Waals surface area (Å²) in [5.74, 6) is 0.620. The second-order valence-electron chi connectivity index (χ2n) is 8.83. The minimum Gasteiger partial charge on any atom is -0.489 e. The third kappa shape index (κ3) is 4.96. The number of imide groups is 1. The van der Waals surface area contributed by atoms with Gasteiger partial charge in [0.1, 0.15) is 5.75 Å². The highest BCUT2D eigenvalue weighted by Crippen LogP contribution is 2.30. The molecule has 0 atom stereocenters. The van der Waals surface area contributed by atoms with E-state index >= 15 is 0 Å². The molecule has 6 heteroatoms. The number of amides is 2. The molecule has 0 saturated carbocycles. The lowest BCUT2D eigenvalue weighted by molar-refractivity contribution is 0.0636. The molecular formula is C26H33N3O3. The molecule has 2 aromatic carbocycles. The molecular weight excluding hydrogens is 402 g/mol. The second-order valence-corrected chi connectivity index (χ2v) is 8.83. The van der Waals surface area contributed by atoms with E-state index in [2.05, 4.69) is 41.8 Å². The Bertz CT molecular complexity index is 924. The van der Waals surface area contributed by atoms with Crippen LogP contribution >= 0.6 is 0 Å². The van der Waals surface area contributed by atoms with Gasteiger partial charge in [0.2, 0.25) is 0 Å². The predicted octanol–water partition coefficient (Wildman–Crippen LogP) is 4.06. The first-order chi connectivity index (χ1) is 15.5. The number of benzene rings is 2. The molecule has 2 aromatic rings. The Morgan fingerprint density at radius 2 is 1.38 bits per heavy atom. The van der Waals surface area contributed by atoms with Crippen LogP contribution in [0, 0.1) is 0 Å². The van der Waals surface area contributed by atoms with E-state index in [-0.39, 0.29) is 17.9 Å². The highest BCUT2D eigenvalue weighted by molar-refractivity contribution is 6.21. The van der Waals surface area contributed by atoms with Crippen molar-refractivity contribution in [1.29, 1.82) is 0 Å². The molecule has 2 amide bonds. The van der Waals surface area contributed by atoms with Crippen LogP contribution in [-0.2, 0) is 0 Å². The Kier molecular flexibility index (Phi) is 7.10. The molecule has 1 fully saturated rings. The summed E-state index contributed by atoms with van der Waals surface area (Å²) in [6, 6.07) is 15.4. The summed E-state index contributed by atoms with van der Waals surface area (Å²) >= 11 is 0. The second kappa shape index (κ2) is 10.2. The van der Waals surface area contributed by atoms with Gasteiger partial charge in [0.05, 0.1) is 22.9 Å². The van der Waals surface area contributed by atoms with Gasteiger partial charge >= 0.3 is 0 Å². The first-order valence-electron chi connectivity index (χ1n) is 11.7. The average Bonchev–Trinajstić information content (AvgIpc) is 3.09. The van der Waals surface area contributed by atoms with Crippen LogP contribution in [-0.4, -0.2) is 67.0 Å². The summed E-state index contributed by atoms with van der Waals surface area (Å²) in [7, 11) is 0. The fraction of sp³-hybridized carbons (Fsp3) is 0.462. The standard InChI is InChI=1S/C26H33N3O3/c1-20(2)32-24-13-6-5-12-23(24)28-16-8-7-14-27(15-9-17-28)18-19-29-25(30)21-10-3-4-11-22(21)26(29)31/h3-6,10-13,20H,7-9,14-19H2,1-2H3. The van der Waals surface area contributed by atoms with E-state index in [1.54, 1.807) is 12.1 Å². The first kappa shape index (κ1) is 22.3. The SMILES string of the molecule is CC(C)Oc1ccccc1N1CCCCN(CCN2C(=O)c3ccccc3C2=O)CCC1. The molecule has 2 aliphatic rings. The van der Waals surface area contributed by atoms with E-state index in [1.165, 1.54) is 10.6 Å². The Hall–Kier alpha value is -2.86. The molecule has 4 rings (SSSR count). The molecule has 0 bridgehead atoms. The lowest BCUT2D eigenvalue weighted by atomic mass is 10.1. The Balaban J connectivity index is 1.34. The molecule has 0 radical (unpaired) electrons. The van der Waals surface area contributed by atoms with Crippen molar-refractivity contribution in [2.75, 3.05) is 44.2 Å². The number of para-hydroxylation sites is 2. The fourth-order valence-electron chi connectivity index (χ4n) is 4.57. The fourth-order valence-corrected chi connectivity index (χ4v) is 4.57. The number of fused-ring (bicyclic) bond motifs is 1. The van der Waals surface area contributed by atoms with Gasteiger partial charge in [0.15, 0.2) is 0 Å². The number of nitrogens with zero attached hydrogens (tertiary/aromatic N) is 3. The molecule has 0 N–H and O–H groups in total. The number of hydrogen-bond donors (Lipinski definition) is 0. The van der Waals surface area contributed by atoms with Gasteiger partial charge in [-0.2, -0.15) is 0 Å². The normalized spacial score (nSPS) is 17.8. The summed E-state index contributed by atoms with van der Waals surface area (Å²) < 4.78 is 6.04.